The standard InChI is InChI=1S/C4H6I3NO3/c1-2(9)4(5,3(10)11)8(6)7/h2,9H,1H3,(H,10,11). The summed E-state index contributed by atoms with van der Waals surface area (Å²) in [5.74, 6) is -1.04. The smallest absolute Gasteiger partial charge is 0.338 e. The van der Waals surface area contributed by atoms with Gasteiger partial charge in [0.2, 0.25) is 3.55 Å². The number of nitrogens with zero attached hydrogens (tertiary/aromatic N) is 1. The Morgan fingerprint density at radius 1 is 1.64 bits per heavy atom. The maximum absolute atomic E-state index is 10.7. The number of aliphatic hydroxyl groups excluding tert-OH is 1. The lowest BCUT2D eigenvalue weighted by atomic mass is 10.2. The van der Waals surface area contributed by atoms with E-state index in [2.05, 4.69) is 0 Å². The van der Waals surface area contributed by atoms with Gasteiger partial charge in [0.05, 0.1) is 6.10 Å². The van der Waals surface area contributed by atoms with E-state index < -0.39 is 15.6 Å². The van der Waals surface area contributed by atoms with Gasteiger partial charge in [0.15, 0.2) is 0 Å². The molecule has 4 nitrogen and oxygen atoms in total. The molecular formula is C4H6I3NO3. The van der Waals surface area contributed by atoms with E-state index in [1.165, 1.54) is 8.25 Å². The van der Waals surface area contributed by atoms with Gasteiger partial charge in [0.25, 0.3) is 0 Å². The van der Waals surface area contributed by atoms with Crippen LogP contribution in [0.3, 0.4) is 0 Å². The SMILES string of the molecule is CC(O)C(I)(C(=O)O)N(I)I. The van der Waals surface area contributed by atoms with Crippen LogP contribution in [-0.2, 0) is 4.79 Å². The van der Waals surface area contributed by atoms with Gasteiger partial charge in [-0.2, -0.15) is 1.33 Å². The van der Waals surface area contributed by atoms with Crippen molar-refractivity contribution in [3.05, 3.63) is 0 Å². The van der Waals surface area contributed by atoms with Gasteiger partial charge in [-0.05, 0) is 29.5 Å². The maximum atomic E-state index is 10.7. The highest BCUT2D eigenvalue weighted by Crippen LogP contribution is 2.34. The first-order chi connectivity index (χ1) is 4.83. The fourth-order valence-electron chi connectivity index (χ4n) is 0.392. The van der Waals surface area contributed by atoms with E-state index in [0.29, 0.717) is 0 Å². The van der Waals surface area contributed by atoms with Gasteiger partial charge in [-0.25, -0.2) is 4.79 Å². The van der Waals surface area contributed by atoms with Crippen LogP contribution in [0.25, 0.3) is 0 Å². The van der Waals surface area contributed by atoms with Crippen LogP contribution in [-0.4, -0.2) is 27.2 Å². The Balaban J connectivity index is 4.67. The Morgan fingerprint density at radius 2 is 2.00 bits per heavy atom. The lowest BCUT2D eigenvalue weighted by molar-refractivity contribution is -0.143. The molecule has 0 heterocycles. The molecule has 0 spiro atoms. The zero-order chi connectivity index (χ0) is 9.23. The number of carboxylic acid groups (broad SMARTS) is 1. The van der Waals surface area contributed by atoms with Gasteiger partial charge < -0.3 is 10.2 Å². The van der Waals surface area contributed by atoms with E-state index in [-0.39, 0.29) is 0 Å². The quantitative estimate of drug-likeness (QED) is 0.270. The fraction of sp³-hybridized carbons (Fsp3) is 0.750. The Hall–Kier alpha value is 1.58. The van der Waals surface area contributed by atoms with E-state index >= 15 is 0 Å². The van der Waals surface area contributed by atoms with Crippen molar-refractivity contribution in [2.75, 3.05) is 0 Å². The molecule has 66 valence electrons. The molecule has 0 aromatic rings. The van der Waals surface area contributed by atoms with Gasteiger partial charge >= 0.3 is 5.97 Å². The summed E-state index contributed by atoms with van der Waals surface area (Å²) in [7, 11) is 0. The predicted molar refractivity (Wildman–Crippen MR) is 65.9 cm³/mol. The number of aliphatic hydroxyl groups is 1. The molecule has 0 amide bonds. The van der Waals surface area contributed by atoms with E-state index in [4.69, 9.17) is 5.11 Å². The summed E-state index contributed by atoms with van der Waals surface area (Å²) in [6, 6.07) is 0. The number of carbonyl (C=O) groups is 1. The van der Waals surface area contributed by atoms with Crippen molar-refractivity contribution < 1.29 is 15.0 Å². The Morgan fingerprint density at radius 3 is 2.00 bits per heavy atom. The molecule has 2 unspecified atom stereocenters. The van der Waals surface area contributed by atoms with Gasteiger partial charge in [0, 0.05) is 45.7 Å². The third-order valence-electron chi connectivity index (χ3n) is 1.10. The highest BCUT2D eigenvalue weighted by molar-refractivity contribution is 14.2. The fourth-order valence-corrected chi connectivity index (χ4v) is 1.61. The molecule has 11 heavy (non-hydrogen) atoms. The second kappa shape index (κ2) is 4.72. The van der Waals surface area contributed by atoms with Gasteiger partial charge in [-0.1, -0.05) is 0 Å². The minimum Gasteiger partial charge on any atom is -0.479 e. The van der Waals surface area contributed by atoms with E-state index in [0.717, 1.165) is 0 Å². The molecule has 0 bridgehead atoms. The number of hydrogen-bond donors (Lipinski definition) is 2. The predicted octanol–water partition coefficient (Wildman–Crippen LogP) is 1.59. The van der Waals surface area contributed by atoms with Crippen molar-refractivity contribution >= 4 is 74.3 Å². The minimum atomic E-state index is -1.25. The number of alkyl halides is 1. The summed E-state index contributed by atoms with van der Waals surface area (Å²) in [6.07, 6.45) is -0.922. The van der Waals surface area contributed by atoms with Crippen molar-refractivity contribution in [3.63, 3.8) is 0 Å². The number of hydrogen-bond acceptors (Lipinski definition) is 3. The summed E-state index contributed by atoms with van der Waals surface area (Å²) in [4.78, 5) is 10.7. The molecule has 0 saturated heterocycles. The third kappa shape index (κ3) is 2.77. The number of rotatable bonds is 3. The molecule has 0 rings (SSSR count). The Kier molecular flexibility index (Phi) is 5.39. The van der Waals surface area contributed by atoms with Crippen LogP contribution in [0.15, 0.2) is 0 Å². The molecule has 0 aliphatic carbocycles. The van der Waals surface area contributed by atoms with Crippen LogP contribution in [0.2, 0.25) is 0 Å². The summed E-state index contributed by atoms with van der Waals surface area (Å²) < 4.78 is 0.162. The highest BCUT2D eigenvalue weighted by Gasteiger charge is 2.45. The Bertz CT molecular complexity index is 153. The van der Waals surface area contributed by atoms with E-state index in [9.17, 15) is 9.90 Å². The minimum absolute atomic E-state index is 0.922. The number of halogens is 3. The molecule has 0 aliphatic heterocycles. The van der Waals surface area contributed by atoms with Crippen LogP contribution in [0.5, 0.6) is 0 Å². The lowest BCUT2D eigenvalue weighted by Crippen LogP contribution is -2.48. The summed E-state index contributed by atoms with van der Waals surface area (Å²) in [6.45, 7) is 1.45. The Labute approximate surface area is 106 Å². The van der Waals surface area contributed by atoms with Crippen molar-refractivity contribution in [2.24, 2.45) is 0 Å². The molecule has 0 aromatic heterocycles. The lowest BCUT2D eigenvalue weighted by Gasteiger charge is -2.28. The molecule has 2 atom stereocenters. The van der Waals surface area contributed by atoms with Crippen LogP contribution in [0.1, 0.15) is 6.92 Å². The molecule has 0 radical (unpaired) electrons. The van der Waals surface area contributed by atoms with Crippen LogP contribution >= 0.6 is 68.3 Å². The van der Waals surface area contributed by atoms with Crippen LogP contribution in [0.4, 0.5) is 0 Å². The van der Waals surface area contributed by atoms with Gasteiger partial charge in [0.1, 0.15) is 0 Å². The average Bonchev–Trinajstić information content (AvgIpc) is 1.84. The first-order valence-corrected chi connectivity index (χ1v) is 5.56. The molecule has 0 aromatic carbocycles. The second-order valence-electron chi connectivity index (χ2n) is 1.89. The van der Waals surface area contributed by atoms with Gasteiger partial charge in [-0.3, -0.25) is 0 Å². The van der Waals surface area contributed by atoms with Crippen molar-refractivity contribution in [1.82, 2.24) is 1.33 Å². The zero-order valence-corrected chi connectivity index (χ0v) is 11.9. The maximum Gasteiger partial charge on any atom is 0.338 e. The second-order valence-corrected chi connectivity index (χ2v) is 7.31. The van der Waals surface area contributed by atoms with E-state index in [1.54, 1.807) is 22.6 Å². The van der Waals surface area contributed by atoms with Crippen LogP contribution < -0.4 is 0 Å². The third-order valence-corrected chi connectivity index (χ3v) is 6.31. The highest BCUT2D eigenvalue weighted by atomic mass is 127. The summed E-state index contributed by atoms with van der Waals surface area (Å²) in [5.41, 5.74) is 0. The number of carboxylic acids is 1. The van der Waals surface area contributed by atoms with E-state index in [1.807, 2.05) is 45.7 Å². The van der Waals surface area contributed by atoms with Crippen molar-refractivity contribution in [1.29, 1.82) is 0 Å². The molecule has 0 fully saturated rings. The summed E-state index contributed by atoms with van der Waals surface area (Å²) in [5, 5.41) is 17.9. The molecule has 2 N–H and O–H groups in total. The van der Waals surface area contributed by atoms with Crippen molar-refractivity contribution in [3.8, 4) is 0 Å². The largest absolute Gasteiger partial charge is 0.479 e. The zero-order valence-electron chi connectivity index (χ0n) is 5.46. The normalized spacial score (nSPS) is 19.5. The molecule has 0 saturated carbocycles. The number of aliphatic carboxylic acids is 1. The first-order valence-electron chi connectivity index (χ1n) is 2.55. The monoisotopic (exact) mass is 497 g/mol. The first kappa shape index (κ1) is 12.6. The topological polar surface area (TPSA) is 60.8 Å². The molecule has 0 aliphatic rings. The van der Waals surface area contributed by atoms with Gasteiger partial charge in [-0.15, -0.1) is 0 Å². The average molecular weight is 497 g/mol. The molecular weight excluding hydrogens is 491 g/mol. The van der Waals surface area contributed by atoms with Crippen molar-refractivity contribution in [2.45, 2.75) is 16.6 Å². The van der Waals surface area contributed by atoms with Crippen LogP contribution in [0, 0.1) is 0 Å². The summed E-state index contributed by atoms with van der Waals surface area (Å²) >= 11 is 5.35. The molecule has 7 heteroatoms.